The SMILES string of the molecule is CCCC[PH+](CCCC)CCCC.NC(=O)C(Cl)C1CCCCC1. The summed E-state index contributed by atoms with van der Waals surface area (Å²) in [5.74, 6) is -0.0264. The Bertz CT molecular complexity index is 276. The highest BCUT2D eigenvalue weighted by molar-refractivity contribution is 7.57. The molecule has 1 fully saturated rings. The van der Waals surface area contributed by atoms with E-state index in [1.54, 1.807) is 18.5 Å². The molecule has 2 nitrogen and oxygen atoms in total. The van der Waals surface area contributed by atoms with Gasteiger partial charge in [0.15, 0.2) is 0 Å². The molecule has 0 aromatic carbocycles. The smallest absolute Gasteiger partial charge is 0.235 e. The number of amides is 1. The standard InChI is InChI=1S/C12H27P.C8H14ClNO/c1-4-7-10-13(11-8-5-2)12-9-6-3;9-7(8(10)11)6-4-2-1-3-5-6/h4-12H2,1-3H3;6-7H,1-5H2,(H2,10,11)/p+1. The van der Waals surface area contributed by atoms with Crippen molar-refractivity contribution in [2.24, 2.45) is 11.7 Å². The average molecular weight is 379 g/mol. The first kappa shape index (κ1) is 24.2. The van der Waals surface area contributed by atoms with Gasteiger partial charge in [0, 0.05) is 7.92 Å². The monoisotopic (exact) mass is 378 g/mol. The molecule has 0 radical (unpaired) electrons. The van der Waals surface area contributed by atoms with Gasteiger partial charge in [-0.15, -0.1) is 11.6 Å². The van der Waals surface area contributed by atoms with Gasteiger partial charge >= 0.3 is 0 Å². The van der Waals surface area contributed by atoms with E-state index in [0.29, 0.717) is 5.92 Å². The van der Waals surface area contributed by atoms with Crippen molar-refractivity contribution in [2.75, 3.05) is 18.5 Å². The van der Waals surface area contributed by atoms with Crippen LogP contribution in [0.4, 0.5) is 0 Å². The van der Waals surface area contributed by atoms with E-state index in [-0.39, 0.29) is 13.8 Å². The van der Waals surface area contributed by atoms with Crippen molar-refractivity contribution in [3.8, 4) is 0 Å². The number of rotatable bonds is 11. The molecule has 0 heterocycles. The zero-order chi connectivity index (χ0) is 18.2. The quantitative estimate of drug-likeness (QED) is 0.334. The van der Waals surface area contributed by atoms with Crippen LogP contribution in [0.1, 0.15) is 91.4 Å². The highest BCUT2D eigenvalue weighted by Crippen LogP contribution is 2.38. The zero-order valence-electron chi connectivity index (χ0n) is 16.4. The Hall–Kier alpha value is 0.190. The summed E-state index contributed by atoms with van der Waals surface area (Å²) in [6, 6.07) is 0. The van der Waals surface area contributed by atoms with Gasteiger partial charge in [-0.05, 0) is 38.0 Å². The van der Waals surface area contributed by atoms with Crippen LogP contribution in [0.2, 0.25) is 0 Å². The maximum absolute atomic E-state index is 10.7. The minimum absolute atomic E-state index is 0.0675. The number of nitrogens with two attached hydrogens (primary N) is 1. The van der Waals surface area contributed by atoms with Crippen molar-refractivity contribution < 1.29 is 4.79 Å². The molecule has 1 saturated carbocycles. The van der Waals surface area contributed by atoms with Crippen molar-refractivity contribution in [2.45, 2.75) is 96.8 Å². The van der Waals surface area contributed by atoms with Crippen molar-refractivity contribution in [1.82, 2.24) is 0 Å². The fourth-order valence-electron chi connectivity index (χ4n) is 3.31. The lowest BCUT2D eigenvalue weighted by Crippen LogP contribution is -2.31. The van der Waals surface area contributed by atoms with Crippen LogP contribution in [0.5, 0.6) is 0 Å². The average Bonchev–Trinajstić information content (AvgIpc) is 2.61. The molecule has 0 bridgehead atoms. The van der Waals surface area contributed by atoms with Crippen LogP contribution in [0.25, 0.3) is 0 Å². The van der Waals surface area contributed by atoms with Crippen LogP contribution >= 0.6 is 19.5 Å². The largest absolute Gasteiger partial charge is 0.368 e. The van der Waals surface area contributed by atoms with Crippen LogP contribution in [0.15, 0.2) is 0 Å². The molecule has 1 rings (SSSR count). The molecule has 24 heavy (non-hydrogen) atoms. The number of alkyl halides is 1. The topological polar surface area (TPSA) is 43.1 Å². The molecule has 0 spiro atoms. The Morgan fingerprint density at radius 3 is 1.71 bits per heavy atom. The summed E-state index contributed by atoms with van der Waals surface area (Å²) in [7, 11) is 0.0675. The van der Waals surface area contributed by atoms with Gasteiger partial charge < -0.3 is 5.73 Å². The summed E-state index contributed by atoms with van der Waals surface area (Å²) in [5, 5.41) is -0.435. The fraction of sp³-hybridized carbons (Fsp3) is 0.950. The van der Waals surface area contributed by atoms with Crippen molar-refractivity contribution in [3.63, 3.8) is 0 Å². The molecular formula is C20H42ClNOP+. The summed E-state index contributed by atoms with van der Waals surface area (Å²) >= 11 is 5.82. The van der Waals surface area contributed by atoms with E-state index in [1.165, 1.54) is 57.8 Å². The fourth-order valence-corrected chi connectivity index (χ4v) is 6.88. The maximum atomic E-state index is 10.7. The van der Waals surface area contributed by atoms with Gasteiger partial charge in [-0.3, -0.25) is 4.79 Å². The molecule has 1 aliphatic carbocycles. The summed E-state index contributed by atoms with van der Waals surface area (Å²) in [6.07, 6.45) is 19.2. The molecule has 1 atom stereocenters. The lowest BCUT2D eigenvalue weighted by atomic mass is 9.86. The third kappa shape index (κ3) is 12.5. The molecule has 0 aliphatic heterocycles. The number of carbonyl (C=O) groups excluding carboxylic acids is 1. The highest BCUT2D eigenvalue weighted by Gasteiger charge is 2.25. The first-order chi connectivity index (χ1) is 11.6. The Kier molecular flexibility index (Phi) is 16.8. The second kappa shape index (κ2) is 16.6. The van der Waals surface area contributed by atoms with Crippen molar-refractivity contribution >= 4 is 25.4 Å². The molecule has 144 valence electrons. The molecular weight excluding hydrogens is 337 g/mol. The van der Waals surface area contributed by atoms with E-state index in [1.807, 2.05) is 0 Å². The van der Waals surface area contributed by atoms with Gasteiger partial charge in [-0.2, -0.15) is 0 Å². The van der Waals surface area contributed by atoms with Gasteiger partial charge in [-0.25, -0.2) is 0 Å². The number of primary amides is 1. The Morgan fingerprint density at radius 2 is 1.38 bits per heavy atom. The molecule has 0 saturated heterocycles. The first-order valence-electron chi connectivity index (χ1n) is 10.3. The minimum atomic E-state index is -0.435. The van der Waals surface area contributed by atoms with Crippen molar-refractivity contribution in [3.05, 3.63) is 0 Å². The molecule has 1 amide bonds. The lowest BCUT2D eigenvalue weighted by Gasteiger charge is -2.23. The van der Waals surface area contributed by atoms with E-state index < -0.39 is 5.38 Å². The predicted octanol–water partition coefficient (Wildman–Crippen LogP) is 6.26. The van der Waals surface area contributed by atoms with Crippen LogP contribution in [0, 0.1) is 5.92 Å². The Labute approximate surface area is 157 Å². The van der Waals surface area contributed by atoms with Gasteiger partial charge in [0.25, 0.3) is 0 Å². The second-order valence-corrected chi connectivity index (χ2v) is 10.7. The van der Waals surface area contributed by atoms with E-state index in [0.717, 1.165) is 12.8 Å². The van der Waals surface area contributed by atoms with Crippen LogP contribution in [0.3, 0.4) is 0 Å². The molecule has 0 aromatic rings. The Morgan fingerprint density at radius 1 is 0.958 bits per heavy atom. The Balaban J connectivity index is 0.000000446. The third-order valence-electron chi connectivity index (χ3n) is 4.99. The lowest BCUT2D eigenvalue weighted by molar-refractivity contribution is -0.118. The minimum Gasteiger partial charge on any atom is -0.368 e. The number of hydrogen-bond donors (Lipinski definition) is 1. The number of carbonyl (C=O) groups is 1. The maximum Gasteiger partial charge on any atom is 0.235 e. The van der Waals surface area contributed by atoms with Gasteiger partial charge in [-0.1, -0.05) is 59.3 Å². The van der Waals surface area contributed by atoms with Crippen molar-refractivity contribution in [1.29, 1.82) is 0 Å². The molecule has 1 aliphatic rings. The zero-order valence-corrected chi connectivity index (χ0v) is 18.2. The summed E-state index contributed by atoms with van der Waals surface area (Å²) in [4.78, 5) is 10.7. The van der Waals surface area contributed by atoms with Gasteiger partial charge in [0.1, 0.15) is 5.38 Å². The summed E-state index contributed by atoms with van der Waals surface area (Å²) in [6.45, 7) is 6.96. The van der Waals surface area contributed by atoms with Crippen LogP contribution in [-0.2, 0) is 4.79 Å². The normalized spacial score (nSPS) is 16.5. The van der Waals surface area contributed by atoms with Gasteiger partial charge in [0.05, 0.1) is 18.5 Å². The molecule has 0 aromatic heterocycles. The predicted molar refractivity (Wildman–Crippen MR) is 113 cm³/mol. The number of hydrogen-bond acceptors (Lipinski definition) is 1. The van der Waals surface area contributed by atoms with Crippen LogP contribution < -0.4 is 5.73 Å². The molecule has 4 heteroatoms. The third-order valence-corrected chi connectivity index (χ3v) is 8.74. The highest BCUT2D eigenvalue weighted by atomic mass is 35.5. The van der Waals surface area contributed by atoms with Gasteiger partial charge in [0.2, 0.25) is 5.91 Å². The van der Waals surface area contributed by atoms with E-state index in [4.69, 9.17) is 17.3 Å². The first-order valence-corrected chi connectivity index (χ1v) is 12.9. The molecule has 2 N–H and O–H groups in total. The molecule has 1 unspecified atom stereocenters. The number of halogens is 1. The summed E-state index contributed by atoms with van der Waals surface area (Å²) < 4.78 is 0. The van der Waals surface area contributed by atoms with Crippen LogP contribution in [-0.4, -0.2) is 29.8 Å². The van der Waals surface area contributed by atoms with E-state index in [9.17, 15) is 4.79 Å². The van der Waals surface area contributed by atoms with E-state index >= 15 is 0 Å². The second-order valence-electron chi connectivity index (χ2n) is 7.26. The number of unbranched alkanes of at least 4 members (excludes halogenated alkanes) is 3. The summed E-state index contributed by atoms with van der Waals surface area (Å²) in [5.41, 5.74) is 5.10. The van der Waals surface area contributed by atoms with E-state index in [2.05, 4.69) is 20.8 Å².